The summed E-state index contributed by atoms with van der Waals surface area (Å²) in [5, 5.41) is 11.4. The quantitative estimate of drug-likeness (QED) is 0.647. The molecule has 0 radical (unpaired) electrons. The van der Waals surface area contributed by atoms with Gasteiger partial charge in [0.05, 0.1) is 12.6 Å². The smallest absolute Gasteiger partial charge is 0.228 e. The molecule has 1 fully saturated rings. The molecule has 2 N–H and O–H groups in total. The van der Waals surface area contributed by atoms with E-state index in [0.29, 0.717) is 11.7 Å². The number of fused-ring (bicyclic) bond motifs is 1. The van der Waals surface area contributed by atoms with E-state index in [1.807, 2.05) is 12.1 Å². The lowest BCUT2D eigenvalue weighted by atomic mass is 9.95. The van der Waals surface area contributed by atoms with Crippen molar-refractivity contribution in [3.63, 3.8) is 0 Å². The number of ether oxygens (including phenoxy) is 1. The van der Waals surface area contributed by atoms with E-state index in [-0.39, 0.29) is 11.8 Å². The number of carbonyl (C=O) groups is 1. The number of aromatic nitrogens is 2. The first-order chi connectivity index (χ1) is 14.5. The average Bonchev–Trinajstić information content (AvgIpc) is 3.15. The Hall–Kier alpha value is -2.86. The molecule has 0 saturated carbocycles. The van der Waals surface area contributed by atoms with Crippen molar-refractivity contribution in [3.8, 4) is 16.9 Å². The second-order valence-electron chi connectivity index (χ2n) is 8.51. The molecule has 1 amide bonds. The van der Waals surface area contributed by atoms with Gasteiger partial charge in [0.25, 0.3) is 0 Å². The Morgan fingerprint density at radius 2 is 1.97 bits per heavy atom. The normalized spacial score (nSPS) is 15.6. The zero-order valence-corrected chi connectivity index (χ0v) is 18.2. The Kier molecular flexibility index (Phi) is 5.77. The van der Waals surface area contributed by atoms with E-state index in [4.69, 9.17) is 4.74 Å². The first-order valence-electron chi connectivity index (χ1n) is 10.6. The van der Waals surface area contributed by atoms with E-state index in [0.717, 1.165) is 53.7 Å². The summed E-state index contributed by atoms with van der Waals surface area (Å²) in [6.45, 7) is 6.27. The maximum atomic E-state index is 12.8. The van der Waals surface area contributed by atoms with Crippen molar-refractivity contribution in [2.45, 2.75) is 32.6 Å². The number of rotatable bonds is 5. The molecule has 0 spiro atoms. The summed E-state index contributed by atoms with van der Waals surface area (Å²) in [6.07, 6.45) is 1.77. The van der Waals surface area contributed by atoms with Gasteiger partial charge < -0.3 is 15.0 Å². The highest BCUT2D eigenvalue weighted by Crippen LogP contribution is 2.35. The number of likely N-dealkylation sites (tertiary alicyclic amines) is 1. The maximum Gasteiger partial charge on any atom is 0.228 e. The Bertz CT molecular complexity index is 1050. The monoisotopic (exact) mass is 406 g/mol. The predicted octanol–water partition coefficient (Wildman–Crippen LogP) is 4.64. The fourth-order valence-electron chi connectivity index (χ4n) is 4.08. The molecular formula is C24H30N4O2. The Morgan fingerprint density at radius 1 is 1.20 bits per heavy atom. The molecule has 0 unspecified atom stereocenters. The molecule has 158 valence electrons. The van der Waals surface area contributed by atoms with Gasteiger partial charge in [-0.2, -0.15) is 5.10 Å². The number of carbonyl (C=O) groups excluding carboxylic acids is 1. The zero-order chi connectivity index (χ0) is 21.3. The fraction of sp³-hybridized carbons (Fsp3) is 0.417. The Morgan fingerprint density at radius 3 is 2.67 bits per heavy atom. The van der Waals surface area contributed by atoms with Crippen LogP contribution in [0.5, 0.6) is 5.75 Å². The first-order valence-corrected chi connectivity index (χ1v) is 10.6. The molecule has 6 nitrogen and oxygen atoms in total. The van der Waals surface area contributed by atoms with Crippen molar-refractivity contribution < 1.29 is 9.53 Å². The molecule has 0 bridgehead atoms. The van der Waals surface area contributed by atoms with E-state index in [1.54, 1.807) is 7.11 Å². The lowest BCUT2D eigenvalue weighted by Crippen LogP contribution is -2.36. The average molecular weight is 407 g/mol. The van der Waals surface area contributed by atoms with Gasteiger partial charge in [-0.15, -0.1) is 0 Å². The molecule has 2 aromatic carbocycles. The van der Waals surface area contributed by atoms with Crippen LogP contribution in [-0.4, -0.2) is 48.3 Å². The van der Waals surface area contributed by atoms with Crippen LogP contribution >= 0.6 is 0 Å². The van der Waals surface area contributed by atoms with Crippen LogP contribution in [-0.2, 0) is 4.79 Å². The summed E-state index contributed by atoms with van der Waals surface area (Å²) in [6, 6.07) is 12.5. The van der Waals surface area contributed by atoms with E-state index >= 15 is 0 Å². The minimum Gasteiger partial charge on any atom is -0.496 e. The van der Waals surface area contributed by atoms with Gasteiger partial charge in [0.15, 0.2) is 5.82 Å². The number of aromatic amines is 1. The molecule has 0 aliphatic carbocycles. The van der Waals surface area contributed by atoms with Gasteiger partial charge in [0.1, 0.15) is 5.75 Å². The summed E-state index contributed by atoms with van der Waals surface area (Å²) in [5.41, 5.74) is 4.24. The van der Waals surface area contributed by atoms with Crippen molar-refractivity contribution in [3.05, 3.63) is 42.0 Å². The number of H-pyrrole nitrogens is 1. The molecular weight excluding hydrogens is 376 g/mol. The summed E-state index contributed by atoms with van der Waals surface area (Å²) in [4.78, 5) is 15.0. The SMILES string of the molecule is COc1ccc(C(C)C)cc1-c1ccc2[nH]nc(NC(=O)C3CCN(C)CC3)c2c1. The number of piperidine rings is 1. The van der Waals surface area contributed by atoms with Crippen LogP contribution < -0.4 is 10.1 Å². The highest BCUT2D eigenvalue weighted by atomic mass is 16.5. The number of nitrogens with one attached hydrogen (secondary N) is 2. The van der Waals surface area contributed by atoms with Gasteiger partial charge >= 0.3 is 0 Å². The third-order valence-electron chi connectivity index (χ3n) is 6.10. The van der Waals surface area contributed by atoms with Crippen molar-refractivity contribution >= 4 is 22.6 Å². The maximum absolute atomic E-state index is 12.8. The Labute approximate surface area is 177 Å². The van der Waals surface area contributed by atoms with Gasteiger partial charge in [-0.3, -0.25) is 9.89 Å². The lowest BCUT2D eigenvalue weighted by Gasteiger charge is -2.27. The number of hydrogen-bond acceptors (Lipinski definition) is 4. The number of methoxy groups -OCH3 is 1. The third-order valence-corrected chi connectivity index (χ3v) is 6.10. The van der Waals surface area contributed by atoms with Crippen LogP contribution in [0.1, 0.15) is 38.2 Å². The van der Waals surface area contributed by atoms with Crippen LogP contribution in [0.25, 0.3) is 22.0 Å². The molecule has 1 aromatic heterocycles. The fourth-order valence-corrected chi connectivity index (χ4v) is 4.08. The van der Waals surface area contributed by atoms with Gasteiger partial charge in [0, 0.05) is 16.9 Å². The number of benzene rings is 2. The first kappa shape index (κ1) is 20.4. The van der Waals surface area contributed by atoms with Gasteiger partial charge in [-0.25, -0.2) is 0 Å². The van der Waals surface area contributed by atoms with Crippen LogP contribution in [0.4, 0.5) is 5.82 Å². The molecule has 2 heterocycles. The van der Waals surface area contributed by atoms with Crippen LogP contribution in [0.15, 0.2) is 36.4 Å². The van der Waals surface area contributed by atoms with E-state index in [2.05, 4.69) is 65.6 Å². The molecule has 4 rings (SSSR count). The summed E-state index contributed by atoms with van der Waals surface area (Å²) in [5.74, 6) is 1.95. The number of amides is 1. The summed E-state index contributed by atoms with van der Waals surface area (Å²) in [7, 11) is 3.79. The zero-order valence-electron chi connectivity index (χ0n) is 18.2. The predicted molar refractivity (Wildman–Crippen MR) is 121 cm³/mol. The lowest BCUT2D eigenvalue weighted by molar-refractivity contribution is -0.121. The number of anilines is 1. The van der Waals surface area contributed by atoms with E-state index in [1.165, 1.54) is 5.56 Å². The standard InChI is InChI=1S/C24H30N4O2/c1-15(2)17-6-8-22(30-4)19(13-17)18-5-7-21-20(14-18)23(27-26-21)25-24(29)16-9-11-28(3)12-10-16/h5-8,13-16H,9-12H2,1-4H3,(H2,25,26,27,29). The minimum absolute atomic E-state index is 0.0407. The third kappa shape index (κ3) is 4.05. The summed E-state index contributed by atoms with van der Waals surface area (Å²) < 4.78 is 5.61. The molecule has 0 atom stereocenters. The van der Waals surface area contributed by atoms with Crippen LogP contribution in [0, 0.1) is 5.92 Å². The highest BCUT2D eigenvalue weighted by Gasteiger charge is 2.24. The van der Waals surface area contributed by atoms with Crippen molar-refractivity contribution in [1.29, 1.82) is 0 Å². The topological polar surface area (TPSA) is 70.2 Å². The molecule has 1 saturated heterocycles. The van der Waals surface area contributed by atoms with Crippen LogP contribution in [0.2, 0.25) is 0 Å². The summed E-state index contributed by atoms with van der Waals surface area (Å²) >= 11 is 0. The van der Waals surface area contributed by atoms with Crippen molar-refractivity contribution in [2.24, 2.45) is 5.92 Å². The second kappa shape index (κ2) is 8.48. The molecule has 6 heteroatoms. The largest absolute Gasteiger partial charge is 0.496 e. The van der Waals surface area contributed by atoms with Crippen LogP contribution in [0.3, 0.4) is 0 Å². The van der Waals surface area contributed by atoms with Gasteiger partial charge in [-0.05, 0) is 74.3 Å². The molecule has 3 aromatic rings. The number of hydrogen-bond donors (Lipinski definition) is 2. The van der Waals surface area contributed by atoms with E-state index < -0.39 is 0 Å². The van der Waals surface area contributed by atoms with Crippen molar-refractivity contribution in [2.75, 3.05) is 32.6 Å². The Balaban J connectivity index is 1.65. The van der Waals surface area contributed by atoms with Gasteiger partial charge in [0.2, 0.25) is 5.91 Å². The minimum atomic E-state index is 0.0407. The van der Waals surface area contributed by atoms with E-state index in [9.17, 15) is 4.79 Å². The number of nitrogens with zero attached hydrogens (tertiary/aromatic N) is 2. The van der Waals surface area contributed by atoms with Gasteiger partial charge in [-0.1, -0.05) is 26.0 Å². The second-order valence-corrected chi connectivity index (χ2v) is 8.51. The molecule has 1 aliphatic heterocycles. The highest BCUT2D eigenvalue weighted by molar-refractivity contribution is 6.01. The van der Waals surface area contributed by atoms with Crippen molar-refractivity contribution in [1.82, 2.24) is 15.1 Å². The molecule has 30 heavy (non-hydrogen) atoms. The molecule has 1 aliphatic rings.